The summed E-state index contributed by atoms with van der Waals surface area (Å²) in [5.74, 6) is -0.732. The average Bonchev–Trinajstić information content (AvgIpc) is 2.47. The van der Waals surface area contributed by atoms with Crippen molar-refractivity contribution in [2.45, 2.75) is 20.3 Å². The molecule has 0 saturated carbocycles. The Labute approximate surface area is 120 Å². The van der Waals surface area contributed by atoms with Crippen molar-refractivity contribution in [2.24, 2.45) is 0 Å². The highest BCUT2D eigenvalue weighted by Crippen LogP contribution is 2.25. The lowest BCUT2D eigenvalue weighted by atomic mass is 10.1. The van der Waals surface area contributed by atoms with Gasteiger partial charge in [0.2, 0.25) is 0 Å². The number of alkyl halides is 2. The summed E-state index contributed by atoms with van der Waals surface area (Å²) in [4.78, 5) is 23.4. The van der Waals surface area contributed by atoms with Crippen LogP contribution in [0.1, 0.15) is 35.0 Å². The number of pyridine rings is 1. The van der Waals surface area contributed by atoms with Crippen molar-refractivity contribution in [3.63, 3.8) is 0 Å². The van der Waals surface area contributed by atoms with Crippen LogP contribution in [0.15, 0.2) is 24.7 Å². The van der Waals surface area contributed by atoms with E-state index in [2.05, 4.69) is 15.0 Å². The van der Waals surface area contributed by atoms with Crippen LogP contribution in [0.25, 0.3) is 11.4 Å². The Morgan fingerprint density at radius 3 is 2.76 bits per heavy atom. The van der Waals surface area contributed by atoms with Gasteiger partial charge < -0.3 is 4.74 Å². The van der Waals surface area contributed by atoms with Crippen LogP contribution in [0.3, 0.4) is 0 Å². The summed E-state index contributed by atoms with van der Waals surface area (Å²) in [5.41, 5.74) is 0.390. The molecule has 0 N–H and O–H groups in total. The Morgan fingerprint density at radius 2 is 2.14 bits per heavy atom. The zero-order valence-electron chi connectivity index (χ0n) is 11.5. The highest BCUT2D eigenvalue weighted by molar-refractivity contribution is 5.90. The minimum atomic E-state index is -2.90. The van der Waals surface area contributed by atoms with Gasteiger partial charge in [-0.2, -0.15) is 0 Å². The van der Waals surface area contributed by atoms with E-state index in [1.54, 1.807) is 26.1 Å². The Morgan fingerprint density at radius 1 is 1.38 bits per heavy atom. The van der Waals surface area contributed by atoms with E-state index >= 15 is 0 Å². The van der Waals surface area contributed by atoms with Crippen LogP contribution in [-0.4, -0.2) is 27.5 Å². The fourth-order valence-corrected chi connectivity index (χ4v) is 1.78. The molecule has 5 nitrogen and oxygen atoms in total. The maximum absolute atomic E-state index is 13.1. The summed E-state index contributed by atoms with van der Waals surface area (Å²) in [6.07, 6.45) is 1.28. The molecule has 0 amide bonds. The van der Waals surface area contributed by atoms with Crippen LogP contribution < -0.4 is 0 Å². The molecule has 110 valence electrons. The van der Waals surface area contributed by atoms with E-state index in [1.807, 2.05) is 0 Å². The molecule has 0 fully saturated rings. The summed E-state index contributed by atoms with van der Waals surface area (Å²) in [6, 6.07) is 1.63. The third-order valence-corrected chi connectivity index (χ3v) is 2.78. The van der Waals surface area contributed by atoms with Gasteiger partial charge in [0.25, 0.3) is 6.43 Å². The number of rotatable bonds is 4. The molecular weight excluding hydrogens is 280 g/mol. The first-order valence-corrected chi connectivity index (χ1v) is 6.27. The fraction of sp³-hybridized carbons (Fsp3) is 0.286. The van der Waals surface area contributed by atoms with Gasteiger partial charge >= 0.3 is 5.97 Å². The van der Waals surface area contributed by atoms with Crippen molar-refractivity contribution in [1.82, 2.24) is 15.0 Å². The van der Waals surface area contributed by atoms with E-state index < -0.39 is 18.1 Å². The van der Waals surface area contributed by atoms with E-state index in [0.29, 0.717) is 5.56 Å². The molecule has 0 spiro atoms. The van der Waals surface area contributed by atoms with Gasteiger partial charge in [0, 0.05) is 24.2 Å². The van der Waals surface area contributed by atoms with Crippen molar-refractivity contribution in [3.05, 3.63) is 41.5 Å². The van der Waals surface area contributed by atoms with Crippen LogP contribution in [0, 0.1) is 6.92 Å². The first-order chi connectivity index (χ1) is 10.0. The van der Waals surface area contributed by atoms with E-state index in [-0.39, 0.29) is 18.0 Å². The van der Waals surface area contributed by atoms with Gasteiger partial charge in [-0.1, -0.05) is 0 Å². The Hall–Kier alpha value is -2.44. The topological polar surface area (TPSA) is 65.0 Å². The fourth-order valence-electron chi connectivity index (χ4n) is 1.78. The zero-order chi connectivity index (χ0) is 15.4. The molecule has 0 aliphatic carbocycles. The molecule has 0 atom stereocenters. The molecule has 7 heteroatoms. The van der Waals surface area contributed by atoms with E-state index in [1.165, 1.54) is 6.20 Å². The summed E-state index contributed by atoms with van der Waals surface area (Å²) in [6.45, 7) is 3.45. The highest BCUT2D eigenvalue weighted by Gasteiger charge is 2.23. The van der Waals surface area contributed by atoms with Gasteiger partial charge in [0.05, 0.1) is 6.61 Å². The zero-order valence-corrected chi connectivity index (χ0v) is 11.5. The van der Waals surface area contributed by atoms with Gasteiger partial charge in [-0.25, -0.2) is 23.5 Å². The number of ether oxygens (including phenoxy) is 1. The number of halogens is 2. The molecule has 0 aromatic carbocycles. The largest absolute Gasteiger partial charge is 0.462 e. The predicted octanol–water partition coefficient (Wildman–Crippen LogP) is 2.96. The van der Waals surface area contributed by atoms with Crippen LogP contribution >= 0.6 is 0 Å². The number of hydrogen-bond acceptors (Lipinski definition) is 5. The van der Waals surface area contributed by atoms with Crippen molar-refractivity contribution in [1.29, 1.82) is 0 Å². The first-order valence-electron chi connectivity index (χ1n) is 6.27. The van der Waals surface area contributed by atoms with Crippen molar-refractivity contribution >= 4 is 5.97 Å². The molecule has 2 rings (SSSR count). The lowest BCUT2D eigenvalue weighted by Gasteiger charge is -2.10. The van der Waals surface area contributed by atoms with Crippen molar-refractivity contribution < 1.29 is 18.3 Å². The molecule has 0 bridgehead atoms. The normalized spacial score (nSPS) is 10.7. The molecule has 0 unspecified atom stereocenters. The Bertz CT molecular complexity index is 662. The van der Waals surface area contributed by atoms with Crippen LogP contribution in [0.2, 0.25) is 0 Å². The Balaban J connectivity index is 2.51. The maximum atomic E-state index is 13.1. The third-order valence-electron chi connectivity index (χ3n) is 2.78. The van der Waals surface area contributed by atoms with Crippen molar-refractivity contribution in [3.8, 4) is 11.4 Å². The summed E-state index contributed by atoms with van der Waals surface area (Å²) < 4.78 is 31.0. The monoisotopic (exact) mass is 293 g/mol. The number of hydrogen-bond donors (Lipinski definition) is 0. The van der Waals surface area contributed by atoms with Gasteiger partial charge in [0.15, 0.2) is 5.82 Å². The van der Waals surface area contributed by atoms with Gasteiger partial charge in [-0.15, -0.1) is 0 Å². The molecule has 2 aromatic rings. The lowest BCUT2D eigenvalue weighted by Crippen LogP contribution is -2.12. The summed E-state index contributed by atoms with van der Waals surface area (Å²) >= 11 is 0. The highest BCUT2D eigenvalue weighted by atomic mass is 19.3. The minimum Gasteiger partial charge on any atom is -0.462 e. The van der Waals surface area contributed by atoms with E-state index in [0.717, 1.165) is 11.8 Å². The van der Waals surface area contributed by atoms with Crippen LogP contribution in [0.5, 0.6) is 0 Å². The van der Waals surface area contributed by atoms with E-state index in [9.17, 15) is 13.6 Å². The second-order valence-electron chi connectivity index (χ2n) is 4.20. The van der Waals surface area contributed by atoms with Gasteiger partial charge in [-0.05, 0) is 25.5 Å². The molecule has 0 aliphatic rings. The van der Waals surface area contributed by atoms with E-state index in [4.69, 9.17) is 4.74 Å². The Kier molecular flexibility index (Phi) is 4.52. The lowest BCUT2D eigenvalue weighted by molar-refractivity contribution is 0.0513. The third kappa shape index (κ3) is 3.18. The van der Waals surface area contributed by atoms with Gasteiger partial charge in [-0.3, -0.25) is 4.98 Å². The summed E-state index contributed by atoms with van der Waals surface area (Å²) in [5, 5.41) is 0. The SMILES string of the molecule is CCOC(=O)c1cnc(-c2ccncc2C)nc1C(F)F. The average molecular weight is 293 g/mol. The molecule has 0 aliphatic heterocycles. The minimum absolute atomic E-state index is 0.0900. The predicted molar refractivity (Wildman–Crippen MR) is 70.9 cm³/mol. The quantitative estimate of drug-likeness (QED) is 0.811. The van der Waals surface area contributed by atoms with Crippen LogP contribution in [0.4, 0.5) is 8.78 Å². The number of nitrogens with zero attached hydrogens (tertiary/aromatic N) is 3. The molecule has 0 radical (unpaired) electrons. The second kappa shape index (κ2) is 6.34. The molecule has 2 heterocycles. The number of carbonyl (C=O) groups is 1. The van der Waals surface area contributed by atoms with Crippen molar-refractivity contribution in [2.75, 3.05) is 6.61 Å². The van der Waals surface area contributed by atoms with Crippen LogP contribution in [-0.2, 0) is 4.74 Å². The second-order valence-corrected chi connectivity index (χ2v) is 4.20. The molecular formula is C14H13F2N3O2. The number of carbonyl (C=O) groups excluding carboxylic acids is 1. The number of esters is 1. The number of aryl methyl sites for hydroxylation is 1. The smallest absolute Gasteiger partial charge is 0.341 e. The molecule has 2 aromatic heterocycles. The van der Waals surface area contributed by atoms with Gasteiger partial charge in [0.1, 0.15) is 11.3 Å². The molecule has 21 heavy (non-hydrogen) atoms. The standard InChI is InChI=1S/C14H13F2N3O2/c1-3-21-14(20)10-7-18-13(19-11(10)12(15)16)9-4-5-17-6-8(9)2/h4-7,12H,3H2,1-2H3. The molecule has 0 saturated heterocycles. The summed E-state index contributed by atoms with van der Waals surface area (Å²) in [7, 11) is 0. The maximum Gasteiger partial charge on any atom is 0.341 e. The number of aromatic nitrogens is 3. The first kappa shape index (κ1) is 15.0.